The van der Waals surface area contributed by atoms with Crippen LogP contribution in [0.1, 0.15) is 19.8 Å². The van der Waals surface area contributed by atoms with Crippen molar-refractivity contribution in [2.75, 3.05) is 46.8 Å². The summed E-state index contributed by atoms with van der Waals surface area (Å²) in [5.74, 6) is 1.71. The summed E-state index contributed by atoms with van der Waals surface area (Å²) in [5.41, 5.74) is 0. The van der Waals surface area contributed by atoms with Gasteiger partial charge in [-0.25, -0.2) is 0 Å². The minimum atomic E-state index is 0.196. The van der Waals surface area contributed by atoms with Gasteiger partial charge in [0.05, 0.1) is 5.92 Å². The molecule has 2 saturated heterocycles. The number of carbonyl (C=O) groups is 1. The van der Waals surface area contributed by atoms with E-state index in [0.717, 1.165) is 19.6 Å². The number of hydrogen-bond acceptors (Lipinski definition) is 3. The lowest BCUT2D eigenvalue weighted by Gasteiger charge is -2.32. The van der Waals surface area contributed by atoms with Crippen LogP contribution in [0.2, 0.25) is 0 Å². The molecule has 0 aromatic heterocycles. The van der Waals surface area contributed by atoms with E-state index < -0.39 is 0 Å². The molecule has 0 spiro atoms. The standard InChI is InChI=1S/C14H27N3O/c1-11-8-15-9-13(11)14(18)17(3)10-12-4-6-16(2)7-5-12/h11-13,15H,4-10H2,1-3H3. The Bertz CT molecular complexity index is 287. The Balaban J connectivity index is 1.80. The first-order chi connectivity index (χ1) is 8.58. The Morgan fingerprint density at radius 1 is 1.33 bits per heavy atom. The van der Waals surface area contributed by atoms with Gasteiger partial charge in [0.2, 0.25) is 5.91 Å². The molecule has 4 heteroatoms. The molecule has 18 heavy (non-hydrogen) atoms. The number of amides is 1. The normalized spacial score (nSPS) is 30.6. The fourth-order valence-electron chi connectivity index (χ4n) is 3.15. The Morgan fingerprint density at radius 2 is 2.00 bits per heavy atom. The molecule has 2 heterocycles. The third-order valence-electron chi connectivity index (χ3n) is 4.58. The van der Waals surface area contributed by atoms with Crippen LogP contribution in [-0.4, -0.2) is 62.5 Å². The molecule has 0 bridgehead atoms. The van der Waals surface area contributed by atoms with Crippen molar-refractivity contribution >= 4 is 5.91 Å². The summed E-state index contributed by atoms with van der Waals surface area (Å²) in [5, 5.41) is 3.31. The Morgan fingerprint density at radius 3 is 2.56 bits per heavy atom. The first-order valence-electron chi connectivity index (χ1n) is 7.22. The van der Waals surface area contributed by atoms with Crippen LogP contribution >= 0.6 is 0 Å². The van der Waals surface area contributed by atoms with Crippen molar-refractivity contribution in [2.24, 2.45) is 17.8 Å². The first kappa shape index (κ1) is 13.8. The van der Waals surface area contributed by atoms with E-state index in [9.17, 15) is 4.79 Å². The van der Waals surface area contributed by atoms with E-state index in [1.54, 1.807) is 0 Å². The van der Waals surface area contributed by atoms with Crippen LogP contribution in [0.3, 0.4) is 0 Å². The molecule has 2 fully saturated rings. The van der Waals surface area contributed by atoms with Gasteiger partial charge < -0.3 is 15.1 Å². The molecule has 2 aliphatic rings. The summed E-state index contributed by atoms with van der Waals surface area (Å²) in [4.78, 5) is 16.7. The predicted octanol–water partition coefficient (Wildman–Crippen LogP) is 0.642. The van der Waals surface area contributed by atoms with Crippen LogP contribution in [0, 0.1) is 17.8 Å². The van der Waals surface area contributed by atoms with Crippen molar-refractivity contribution in [1.29, 1.82) is 0 Å². The zero-order valence-corrected chi connectivity index (χ0v) is 12.0. The van der Waals surface area contributed by atoms with Crippen LogP contribution in [-0.2, 0) is 4.79 Å². The number of nitrogens with zero attached hydrogens (tertiary/aromatic N) is 2. The molecule has 2 rings (SSSR count). The van der Waals surface area contributed by atoms with Gasteiger partial charge in [-0.15, -0.1) is 0 Å². The lowest BCUT2D eigenvalue weighted by molar-refractivity contribution is -0.135. The van der Waals surface area contributed by atoms with Gasteiger partial charge in [-0.3, -0.25) is 4.79 Å². The second-order valence-electron chi connectivity index (χ2n) is 6.21. The van der Waals surface area contributed by atoms with E-state index in [2.05, 4.69) is 24.2 Å². The topological polar surface area (TPSA) is 35.6 Å². The molecule has 1 amide bonds. The predicted molar refractivity (Wildman–Crippen MR) is 73.4 cm³/mol. The van der Waals surface area contributed by atoms with Crippen LogP contribution in [0.5, 0.6) is 0 Å². The summed E-state index contributed by atoms with van der Waals surface area (Å²) in [6.07, 6.45) is 2.46. The van der Waals surface area contributed by atoms with Crippen LogP contribution < -0.4 is 5.32 Å². The molecular weight excluding hydrogens is 226 g/mol. The average molecular weight is 253 g/mol. The summed E-state index contributed by atoms with van der Waals surface area (Å²) < 4.78 is 0. The SMILES string of the molecule is CC1CNCC1C(=O)N(C)CC1CCN(C)CC1. The van der Waals surface area contributed by atoms with Crippen LogP contribution in [0.15, 0.2) is 0 Å². The Kier molecular flexibility index (Phi) is 4.62. The van der Waals surface area contributed by atoms with E-state index in [0.29, 0.717) is 17.7 Å². The third-order valence-corrected chi connectivity index (χ3v) is 4.58. The maximum absolute atomic E-state index is 12.4. The van der Waals surface area contributed by atoms with Gasteiger partial charge >= 0.3 is 0 Å². The zero-order chi connectivity index (χ0) is 13.1. The second kappa shape index (κ2) is 6.02. The molecule has 0 aromatic carbocycles. The van der Waals surface area contributed by atoms with Crippen molar-refractivity contribution in [1.82, 2.24) is 15.1 Å². The number of hydrogen-bond donors (Lipinski definition) is 1. The van der Waals surface area contributed by atoms with E-state index in [1.807, 2.05) is 11.9 Å². The minimum absolute atomic E-state index is 0.196. The maximum Gasteiger partial charge on any atom is 0.227 e. The number of likely N-dealkylation sites (tertiary alicyclic amines) is 1. The summed E-state index contributed by atoms with van der Waals surface area (Å²) in [7, 11) is 4.16. The maximum atomic E-state index is 12.4. The second-order valence-corrected chi connectivity index (χ2v) is 6.21. The smallest absolute Gasteiger partial charge is 0.227 e. The van der Waals surface area contributed by atoms with Crippen molar-refractivity contribution in [2.45, 2.75) is 19.8 Å². The molecule has 1 N–H and O–H groups in total. The minimum Gasteiger partial charge on any atom is -0.345 e. The van der Waals surface area contributed by atoms with E-state index >= 15 is 0 Å². The Hall–Kier alpha value is -0.610. The van der Waals surface area contributed by atoms with Crippen molar-refractivity contribution < 1.29 is 4.79 Å². The molecule has 0 saturated carbocycles. The molecular formula is C14H27N3O. The fraction of sp³-hybridized carbons (Fsp3) is 0.929. The van der Waals surface area contributed by atoms with E-state index in [-0.39, 0.29) is 5.92 Å². The van der Waals surface area contributed by atoms with Gasteiger partial charge in [-0.1, -0.05) is 6.92 Å². The van der Waals surface area contributed by atoms with Crippen LogP contribution in [0.25, 0.3) is 0 Å². The van der Waals surface area contributed by atoms with Gasteiger partial charge in [0, 0.05) is 20.1 Å². The molecule has 0 radical (unpaired) electrons. The highest BCUT2D eigenvalue weighted by atomic mass is 16.2. The van der Waals surface area contributed by atoms with Crippen molar-refractivity contribution in [3.63, 3.8) is 0 Å². The molecule has 2 unspecified atom stereocenters. The van der Waals surface area contributed by atoms with Gasteiger partial charge in [-0.2, -0.15) is 0 Å². The summed E-state index contributed by atoms with van der Waals surface area (Å²) >= 11 is 0. The molecule has 0 aromatic rings. The third kappa shape index (κ3) is 3.23. The number of nitrogens with one attached hydrogen (secondary N) is 1. The highest BCUT2D eigenvalue weighted by molar-refractivity contribution is 5.79. The molecule has 2 atom stereocenters. The number of piperidine rings is 1. The lowest BCUT2D eigenvalue weighted by atomic mass is 9.94. The van der Waals surface area contributed by atoms with E-state index in [1.165, 1.54) is 25.9 Å². The van der Waals surface area contributed by atoms with Gasteiger partial charge in [0.25, 0.3) is 0 Å². The van der Waals surface area contributed by atoms with Gasteiger partial charge in [0.1, 0.15) is 0 Å². The van der Waals surface area contributed by atoms with Gasteiger partial charge in [0.15, 0.2) is 0 Å². The molecule has 104 valence electrons. The molecule has 2 aliphatic heterocycles. The monoisotopic (exact) mass is 253 g/mol. The fourth-order valence-corrected chi connectivity index (χ4v) is 3.15. The zero-order valence-electron chi connectivity index (χ0n) is 12.0. The van der Waals surface area contributed by atoms with Crippen molar-refractivity contribution in [3.8, 4) is 0 Å². The summed E-state index contributed by atoms with van der Waals surface area (Å²) in [6.45, 7) is 7.31. The van der Waals surface area contributed by atoms with Crippen molar-refractivity contribution in [3.05, 3.63) is 0 Å². The highest BCUT2D eigenvalue weighted by Crippen LogP contribution is 2.21. The summed E-state index contributed by atoms with van der Waals surface area (Å²) in [6, 6.07) is 0. The van der Waals surface area contributed by atoms with Gasteiger partial charge in [-0.05, 0) is 51.4 Å². The largest absolute Gasteiger partial charge is 0.345 e. The number of rotatable bonds is 3. The molecule has 0 aliphatic carbocycles. The molecule has 4 nitrogen and oxygen atoms in total. The quantitative estimate of drug-likeness (QED) is 0.802. The highest BCUT2D eigenvalue weighted by Gasteiger charge is 2.32. The van der Waals surface area contributed by atoms with Crippen LogP contribution in [0.4, 0.5) is 0 Å². The van der Waals surface area contributed by atoms with E-state index in [4.69, 9.17) is 0 Å². The first-order valence-corrected chi connectivity index (χ1v) is 7.22. The average Bonchev–Trinajstić information content (AvgIpc) is 2.77. The Labute approximate surface area is 111 Å². The lowest BCUT2D eigenvalue weighted by Crippen LogP contribution is -2.41. The number of carbonyl (C=O) groups excluding carboxylic acids is 1.